The SMILES string of the molecule is CC(O)C(C)CO.CCCCO. The summed E-state index contributed by atoms with van der Waals surface area (Å²) in [5, 5.41) is 25.1. The maximum Gasteiger partial charge on any atom is 0.0559 e. The van der Waals surface area contributed by atoms with E-state index in [2.05, 4.69) is 6.92 Å². The van der Waals surface area contributed by atoms with Crippen molar-refractivity contribution in [1.29, 1.82) is 0 Å². The van der Waals surface area contributed by atoms with Crippen LogP contribution < -0.4 is 0 Å². The topological polar surface area (TPSA) is 60.7 Å². The third-order valence-corrected chi connectivity index (χ3v) is 1.62. The third kappa shape index (κ3) is 12.5. The van der Waals surface area contributed by atoms with Crippen LogP contribution in [0.1, 0.15) is 33.6 Å². The van der Waals surface area contributed by atoms with Gasteiger partial charge in [0.1, 0.15) is 0 Å². The van der Waals surface area contributed by atoms with Crippen LogP contribution in [0.4, 0.5) is 0 Å². The van der Waals surface area contributed by atoms with Crippen molar-refractivity contribution in [1.82, 2.24) is 0 Å². The minimum Gasteiger partial charge on any atom is -0.396 e. The van der Waals surface area contributed by atoms with Crippen LogP contribution in [0, 0.1) is 5.92 Å². The average molecular weight is 178 g/mol. The molecule has 12 heavy (non-hydrogen) atoms. The summed E-state index contributed by atoms with van der Waals surface area (Å²) in [7, 11) is 0. The van der Waals surface area contributed by atoms with Gasteiger partial charge in [0.2, 0.25) is 0 Å². The first-order valence-electron chi connectivity index (χ1n) is 4.49. The van der Waals surface area contributed by atoms with Crippen molar-refractivity contribution in [3.63, 3.8) is 0 Å². The van der Waals surface area contributed by atoms with Crippen LogP contribution in [0.3, 0.4) is 0 Å². The van der Waals surface area contributed by atoms with Gasteiger partial charge in [-0.25, -0.2) is 0 Å². The summed E-state index contributed by atoms with van der Waals surface area (Å²) >= 11 is 0. The number of hydrogen-bond acceptors (Lipinski definition) is 3. The van der Waals surface area contributed by atoms with E-state index >= 15 is 0 Å². The van der Waals surface area contributed by atoms with Gasteiger partial charge in [0.15, 0.2) is 0 Å². The molecule has 0 aromatic rings. The Hall–Kier alpha value is -0.120. The zero-order valence-corrected chi connectivity index (χ0v) is 8.32. The molecule has 3 nitrogen and oxygen atoms in total. The van der Waals surface area contributed by atoms with E-state index in [-0.39, 0.29) is 18.6 Å². The van der Waals surface area contributed by atoms with Crippen molar-refractivity contribution in [3.8, 4) is 0 Å². The lowest BCUT2D eigenvalue weighted by Crippen LogP contribution is -2.16. The van der Waals surface area contributed by atoms with Crippen molar-refractivity contribution in [2.45, 2.75) is 39.7 Å². The summed E-state index contributed by atoms with van der Waals surface area (Å²) in [4.78, 5) is 0. The molecule has 3 heteroatoms. The Balaban J connectivity index is 0. The molecule has 0 aliphatic heterocycles. The second kappa shape index (κ2) is 10.9. The highest BCUT2D eigenvalue weighted by atomic mass is 16.3. The number of aliphatic hydroxyl groups excluding tert-OH is 3. The highest BCUT2D eigenvalue weighted by molar-refractivity contribution is 4.54. The van der Waals surface area contributed by atoms with Gasteiger partial charge in [0, 0.05) is 19.1 Å². The number of rotatable bonds is 4. The standard InChI is InChI=1S/C5H12O2.C4H10O/c1-4(3-6)5(2)7;1-2-3-4-5/h4-7H,3H2,1-2H3;5H,2-4H2,1H3. The van der Waals surface area contributed by atoms with E-state index in [1.807, 2.05) is 0 Å². The van der Waals surface area contributed by atoms with E-state index in [0.717, 1.165) is 12.8 Å². The van der Waals surface area contributed by atoms with E-state index in [4.69, 9.17) is 15.3 Å². The molecule has 0 saturated heterocycles. The fourth-order valence-electron chi connectivity index (χ4n) is 0.311. The molecule has 0 spiro atoms. The Bertz CT molecular complexity index is 72.2. The molecule has 0 fully saturated rings. The molecule has 3 N–H and O–H groups in total. The van der Waals surface area contributed by atoms with Gasteiger partial charge < -0.3 is 15.3 Å². The second-order valence-electron chi connectivity index (χ2n) is 2.98. The van der Waals surface area contributed by atoms with Crippen LogP contribution in [0.5, 0.6) is 0 Å². The van der Waals surface area contributed by atoms with Crippen LogP contribution in [0.15, 0.2) is 0 Å². The van der Waals surface area contributed by atoms with E-state index in [1.165, 1.54) is 0 Å². The first-order valence-corrected chi connectivity index (χ1v) is 4.49. The molecule has 0 rings (SSSR count). The molecule has 0 heterocycles. The van der Waals surface area contributed by atoms with Gasteiger partial charge in [0.25, 0.3) is 0 Å². The molecular weight excluding hydrogens is 156 g/mol. The second-order valence-corrected chi connectivity index (χ2v) is 2.98. The highest BCUT2D eigenvalue weighted by Crippen LogP contribution is 1.97. The lowest BCUT2D eigenvalue weighted by Gasteiger charge is -2.08. The monoisotopic (exact) mass is 178 g/mol. The van der Waals surface area contributed by atoms with Crippen molar-refractivity contribution in [2.24, 2.45) is 5.92 Å². The summed E-state index contributed by atoms with van der Waals surface area (Å²) in [5.41, 5.74) is 0. The predicted molar refractivity (Wildman–Crippen MR) is 49.9 cm³/mol. The molecule has 0 aromatic heterocycles. The molecule has 0 saturated carbocycles. The summed E-state index contributed by atoms with van der Waals surface area (Å²) in [5.74, 6) is 0.0139. The molecular formula is C9H22O3. The maximum absolute atomic E-state index is 8.66. The number of hydrogen-bond donors (Lipinski definition) is 3. The Morgan fingerprint density at radius 3 is 1.67 bits per heavy atom. The predicted octanol–water partition coefficient (Wildman–Crippen LogP) is 0.774. The molecule has 76 valence electrons. The smallest absolute Gasteiger partial charge is 0.0559 e. The fraction of sp³-hybridized carbons (Fsp3) is 1.00. The van der Waals surface area contributed by atoms with Crippen LogP contribution in [0.25, 0.3) is 0 Å². The van der Waals surface area contributed by atoms with E-state index < -0.39 is 0 Å². The highest BCUT2D eigenvalue weighted by Gasteiger charge is 2.04. The summed E-state index contributed by atoms with van der Waals surface area (Å²) in [6.07, 6.45) is 1.65. The Labute approximate surface area is 75.0 Å². The van der Waals surface area contributed by atoms with Crippen molar-refractivity contribution >= 4 is 0 Å². The molecule has 0 bridgehead atoms. The molecule has 2 atom stereocenters. The quantitative estimate of drug-likeness (QED) is 0.596. The van der Waals surface area contributed by atoms with Gasteiger partial charge in [-0.1, -0.05) is 20.3 Å². The van der Waals surface area contributed by atoms with Crippen molar-refractivity contribution in [2.75, 3.05) is 13.2 Å². The summed E-state index contributed by atoms with van der Waals surface area (Å²) in [6, 6.07) is 0. The van der Waals surface area contributed by atoms with Gasteiger partial charge >= 0.3 is 0 Å². The summed E-state index contributed by atoms with van der Waals surface area (Å²) in [6.45, 7) is 5.93. The third-order valence-electron chi connectivity index (χ3n) is 1.62. The number of unbranched alkanes of at least 4 members (excludes halogenated alkanes) is 1. The van der Waals surface area contributed by atoms with Crippen molar-refractivity contribution in [3.05, 3.63) is 0 Å². The van der Waals surface area contributed by atoms with E-state index in [9.17, 15) is 0 Å². The Morgan fingerprint density at radius 1 is 1.17 bits per heavy atom. The van der Waals surface area contributed by atoms with Crippen molar-refractivity contribution < 1.29 is 15.3 Å². The van der Waals surface area contributed by atoms with E-state index in [0.29, 0.717) is 6.61 Å². The first-order chi connectivity index (χ1) is 5.59. The minimum atomic E-state index is -0.384. The lowest BCUT2D eigenvalue weighted by molar-refractivity contribution is 0.0913. The molecule has 0 radical (unpaired) electrons. The normalized spacial score (nSPS) is 14.5. The zero-order chi connectivity index (χ0) is 9.98. The Morgan fingerprint density at radius 2 is 1.67 bits per heavy atom. The zero-order valence-electron chi connectivity index (χ0n) is 8.32. The minimum absolute atomic E-state index is 0.0139. The van der Waals surface area contributed by atoms with Gasteiger partial charge in [-0.3, -0.25) is 0 Å². The Kier molecular flexibility index (Phi) is 13.1. The largest absolute Gasteiger partial charge is 0.396 e. The molecule has 2 unspecified atom stereocenters. The molecule has 0 amide bonds. The average Bonchev–Trinajstić information content (AvgIpc) is 2.05. The fourth-order valence-corrected chi connectivity index (χ4v) is 0.311. The summed E-state index contributed by atoms with van der Waals surface area (Å²) < 4.78 is 0. The van der Waals surface area contributed by atoms with Gasteiger partial charge in [-0.15, -0.1) is 0 Å². The van der Waals surface area contributed by atoms with Gasteiger partial charge in [0.05, 0.1) is 6.10 Å². The lowest BCUT2D eigenvalue weighted by atomic mass is 10.1. The van der Waals surface area contributed by atoms with Crippen LogP contribution in [-0.4, -0.2) is 34.6 Å². The van der Waals surface area contributed by atoms with Crippen LogP contribution in [0.2, 0.25) is 0 Å². The molecule has 0 aromatic carbocycles. The van der Waals surface area contributed by atoms with Crippen LogP contribution in [-0.2, 0) is 0 Å². The molecule has 0 aliphatic carbocycles. The van der Waals surface area contributed by atoms with Gasteiger partial charge in [-0.05, 0) is 13.3 Å². The first kappa shape index (κ1) is 14.4. The van der Waals surface area contributed by atoms with E-state index in [1.54, 1.807) is 13.8 Å². The van der Waals surface area contributed by atoms with Crippen LogP contribution >= 0.6 is 0 Å². The number of aliphatic hydroxyl groups is 3. The maximum atomic E-state index is 8.66. The molecule has 0 aliphatic rings. The van der Waals surface area contributed by atoms with Gasteiger partial charge in [-0.2, -0.15) is 0 Å².